The molecule has 0 fully saturated rings. The van der Waals surface area contributed by atoms with Crippen LogP contribution in [0.25, 0.3) is 10.8 Å². The van der Waals surface area contributed by atoms with Gasteiger partial charge in [0.1, 0.15) is 0 Å². The standard InChI is InChI=1S/C19H17BrO/c1-13-6-9-18(20)17(10-13)19(21)12-14-7-8-15-4-2-3-5-16(15)11-14/h2-11,19,21H,12H2,1H3. The summed E-state index contributed by atoms with van der Waals surface area (Å²) in [6.45, 7) is 2.04. The van der Waals surface area contributed by atoms with Gasteiger partial charge in [-0.1, -0.05) is 76.1 Å². The molecule has 3 aromatic carbocycles. The predicted molar refractivity (Wildman–Crippen MR) is 91.5 cm³/mol. The van der Waals surface area contributed by atoms with Crippen molar-refractivity contribution in [2.45, 2.75) is 19.4 Å². The number of aliphatic hydroxyl groups is 1. The Kier molecular flexibility index (Phi) is 4.09. The van der Waals surface area contributed by atoms with E-state index in [0.717, 1.165) is 21.2 Å². The zero-order chi connectivity index (χ0) is 14.8. The molecule has 0 bridgehead atoms. The molecular formula is C19H17BrO. The monoisotopic (exact) mass is 340 g/mol. The quantitative estimate of drug-likeness (QED) is 0.695. The van der Waals surface area contributed by atoms with Crippen LogP contribution in [0.1, 0.15) is 22.8 Å². The first-order valence-electron chi connectivity index (χ1n) is 7.05. The van der Waals surface area contributed by atoms with Gasteiger partial charge in [-0.15, -0.1) is 0 Å². The highest BCUT2D eigenvalue weighted by Crippen LogP contribution is 2.28. The van der Waals surface area contributed by atoms with Gasteiger partial charge < -0.3 is 5.11 Å². The van der Waals surface area contributed by atoms with Gasteiger partial charge >= 0.3 is 0 Å². The van der Waals surface area contributed by atoms with E-state index in [-0.39, 0.29) is 0 Å². The molecule has 3 rings (SSSR count). The lowest BCUT2D eigenvalue weighted by molar-refractivity contribution is 0.177. The molecule has 1 N–H and O–H groups in total. The topological polar surface area (TPSA) is 20.2 Å². The maximum atomic E-state index is 10.5. The summed E-state index contributed by atoms with van der Waals surface area (Å²) in [5.74, 6) is 0. The van der Waals surface area contributed by atoms with Gasteiger partial charge in [0, 0.05) is 10.9 Å². The van der Waals surface area contributed by atoms with Gasteiger partial charge in [-0.05, 0) is 34.9 Å². The van der Waals surface area contributed by atoms with Crippen LogP contribution in [0.15, 0.2) is 65.1 Å². The van der Waals surface area contributed by atoms with Crippen LogP contribution in [0, 0.1) is 6.92 Å². The molecule has 0 aliphatic carbocycles. The summed E-state index contributed by atoms with van der Waals surface area (Å²) in [5.41, 5.74) is 3.25. The maximum absolute atomic E-state index is 10.5. The van der Waals surface area contributed by atoms with E-state index in [1.165, 1.54) is 10.8 Å². The van der Waals surface area contributed by atoms with E-state index in [1.54, 1.807) is 0 Å². The normalized spacial score (nSPS) is 12.5. The van der Waals surface area contributed by atoms with Crippen LogP contribution in [0.3, 0.4) is 0 Å². The van der Waals surface area contributed by atoms with Gasteiger partial charge in [0.05, 0.1) is 6.10 Å². The molecule has 0 aliphatic heterocycles. The highest BCUT2D eigenvalue weighted by atomic mass is 79.9. The molecular weight excluding hydrogens is 324 g/mol. The fraction of sp³-hybridized carbons (Fsp3) is 0.158. The SMILES string of the molecule is Cc1ccc(Br)c(C(O)Cc2ccc3ccccc3c2)c1. The Morgan fingerprint density at radius 3 is 2.52 bits per heavy atom. The van der Waals surface area contributed by atoms with Crippen LogP contribution in [-0.2, 0) is 6.42 Å². The Labute approximate surface area is 133 Å². The van der Waals surface area contributed by atoms with E-state index in [1.807, 2.05) is 37.3 Å². The average Bonchev–Trinajstić information content (AvgIpc) is 2.49. The first-order valence-corrected chi connectivity index (χ1v) is 7.84. The summed E-state index contributed by atoms with van der Waals surface area (Å²) in [4.78, 5) is 0. The molecule has 0 saturated carbocycles. The zero-order valence-corrected chi connectivity index (χ0v) is 13.5. The molecule has 1 atom stereocenters. The molecule has 0 saturated heterocycles. The zero-order valence-electron chi connectivity index (χ0n) is 11.9. The highest BCUT2D eigenvalue weighted by Gasteiger charge is 2.12. The smallest absolute Gasteiger partial charge is 0.0841 e. The van der Waals surface area contributed by atoms with E-state index in [9.17, 15) is 5.11 Å². The summed E-state index contributed by atoms with van der Waals surface area (Å²) in [5, 5.41) is 13.0. The molecule has 1 nitrogen and oxygen atoms in total. The van der Waals surface area contributed by atoms with Crippen LogP contribution in [0.4, 0.5) is 0 Å². The number of benzene rings is 3. The third-order valence-corrected chi connectivity index (χ3v) is 4.48. The summed E-state index contributed by atoms with van der Waals surface area (Å²) in [6.07, 6.45) is 0.118. The van der Waals surface area contributed by atoms with Crippen molar-refractivity contribution in [3.05, 3.63) is 81.8 Å². The van der Waals surface area contributed by atoms with Crippen LogP contribution in [-0.4, -0.2) is 5.11 Å². The van der Waals surface area contributed by atoms with Gasteiger partial charge in [-0.25, -0.2) is 0 Å². The van der Waals surface area contributed by atoms with Gasteiger partial charge in [-0.2, -0.15) is 0 Å². The van der Waals surface area contributed by atoms with Crippen molar-refractivity contribution >= 4 is 26.7 Å². The minimum atomic E-state index is -0.500. The van der Waals surface area contributed by atoms with E-state index in [2.05, 4.69) is 46.3 Å². The molecule has 0 aromatic heterocycles. The maximum Gasteiger partial charge on any atom is 0.0841 e. The van der Waals surface area contributed by atoms with Crippen molar-refractivity contribution < 1.29 is 5.11 Å². The van der Waals surface area contributed by atoms with Crippen LogP contribution < -0.4 is 0 Å². The van der Waals surface area contributed by atoms with Crippen molar-refractivity contribution in [3.8, 4) is 0 Å². The summed E-state index contributed by atoms with van der Waals surface area (Å²) in [7, 11) is 0. The minimum Gasteiger partial charge on any atom is -0.388 e. The van der Waals surface area contributed by atoms with Crippen LogP contribution >= 0.6 is 15.9 Å². The van der Waals surface area contributed by atoms with E-state index in [0.29, 0.717) is 6.42 Å². The summed E-state index contributed by atoms with van der Waals surface area (Å²) < 4.78 is 0.960. The molecule has 0 amide bonds. The number of hydrogen-bond acceptors (Lipinski definition) is 1. The molecule has 21 heavy (non-hydrogen) atoms. The Morgan fingerprint density at radius 1 is 0.952 bits per heavy atom. The van der Waals surface area contributed by atoms with Crippen molar-refractivity contribution in [2.75, 3.05) is 0 Å². The Balaban J connectivity index is 1.88. The third-order valence-electron chi connectivity index (χ3n) is 3.75. The van der Waals surface area contributed by atoms with Gasteiger partial charge in [0.2, 0.25) is 0 Å². The minimum absolute atomic E-state index is 0.500. The molecule has 1 unspecified atom stereocenters. The largest absolute Gasteiger partial charge is 0.388 e. The van der Waals surface area contributed by atoms with Crippen LogP contribution in [0.2, 0.25) is 0 Å². The molecule has 106 valence electrons. The molecule has 0 radical (unpaired) electrons. The molecule has 0 aliphatic rings. The number of hydrogen-bond donors (Lipinski definition) is 1. The van der Waals surface area contributed by atoms with E-state index in [4.69, 9.17) is 0 Å². The number of rotatable bonds is 3. The third kappa shape index (κ3) is 3.17. The number of aryl methyl sites for hydroxylation is 1. The molecule has 0 spiro atoms. The lowest BCUT2D eigenvalue weighted by Gasteiger charge is -2.14. The Morgan fingerprint density at radius 2 is 1.71 bits per heavy atom. The highest BCUT2D eigenvalue weighted by molar-refractivity contribution is 9.10. The Bertz CT molecular complexity index is 779. The number of halogens is 1. The fourth-order valence-corrected chi connectivity index (χ4v) is 3.13. The van der Waals surface area contributed by atoms with Crippen molar-refractivity contribution in [2.24, 2.45) is 0 Å². The van der Waals surface area contributed by atoms with E-state index < -0.39 is 6.10 Å². The lowest BCUT2D eigenvalue weighted by Crippen LogP contribution is -2.03. The van der Waals surface area contributed by atoms with Gasteiger partial charge in [0.25, 0.3) is 0 Å². The second-order valence-electron chi connectivity index (χ2n) is 5.43. The van der Waals surface area contributed by atoms with Crippen LogP contribution in [0.5, 0.6) is 0 Å². The second-order valence-corrected chi connectivity index (χ2v) is 6.28. The number of aliphatic hydroxyl groups excluding tert-OH is 1. The second kappa shape index (κ2) is 6.00. The average molecular weight is 341 g/mol. The molecule has 3 aromatic rings. The van der Waals surface area contributed by atoms with Crippen molar-refractivity contribution in [1.29, 1.82) is 0 Å². The Hall–Kier alpha value is -1.64. The lowest BCUT2D eigenvalue weighted by atomic mass is 9.98. The van der Waals surface area contributed by atoms with Crippen molar-refractivity contribution in [1.82, 2.24) is 0 Å². The first kappa shape index (κ1) is 14.3. The number of fused-ring (bicyclic) bond motifs is 1. The van der Waals surface area contributed by atoms with Crippen molar-refractivity contribution in [3.63, 3.8) is 0 Å². The van der Waals surface area contributed by atoms with Gasteiger partial charge in [0.15, 0.2) is 0 Å². The molecule has 0 heterocycles. The summed E-state index contributed by atoms with van der Waals surface area (Å²) >= 11 is 3.52. The van der Waals surface area contributed by atoms with Gasteiger partial charge in [-0.3, -0.25) is 0 Å². The molecule has 2 heteroatoms. The van der Waals surface area contributed by atoms with E-state index >= 15 is 0 Å². The predicted octanol–water partition coefficient (Wildman–Crippen LogP) is 5.19. The fourth-order valence-electron chi connectivity index (χ4n) is 2.62. The summed E-state index contributed by atoms with van der Waals surface area (Å²) in [6, 6.07) is 20.7. The first-order chi connectivity index (χ1) is 10.1.